The summed E-state index contributed by atoms with van der Waals surface area (Å²) in [6, 6.07) is 11.2. The number of ether oxygens (including phenoxy) is 3. The van der Waals surface area contributed by atoms with Crippen molar-refractivity contribution in [1.82, 2.24) is 4.72 Å². The van der Waals surface area contributed by atoms with Crippen LogP contribution < -0.4 is 18.9 Å². The quantitative estimate of drug-likeness (QED) is 0.778. The minimum Gasteiger partial charge on any atom is -0.494 e. The largest absolute Gasteiger partial charge is 0.494 e. The Hall–Kier alpha value is -2.25. The van der Waals surface area contributed by atoms with E-state index in [1.54, 1.807) is 44.4 Å². The van der Waals surface area contributed by atoms with E-state index in [4.69, 9.17) is 14.2 Å². The topological polar surface area (TPSA) is 73.9 Å². The van der Waals surface area contributed by atoms with Crippen molar-refractivity contribution < 1.29 is 22.6 Å². The van der Waals surface area contributed by atoms with E-state index in [0.717, 1.165) is 5.56 Å². The lowest BCUT2D eigenvalue weighted by atomic mass is 10.1. The van der Waals surface area contributed by atoms with Crippen LogP contribution >= 0.6 is 0 Å². The lowest BCUT2D eigenvalue weighted by Gasteiger charge is -2.17. The molecule has 0 aliphatic rings. The van der Waals surface area contributed by atoms with Gasteiger partial charge >= 0.3 is 0 Å². The third-order valence-electron chi connectivity index (χ3n) is 3.68. The van der Waals surface area contributed by atoms with Gasteiger partial charge in [0.05, 0.1) is 25.7 Å². The molecule has 0 spiro atoms. The Bertz CT molecular complexity index is 803. The van der Waals surface area contributed by atoms with E-state index in [1.807, 2.05) is 6.92 Å². The van der Waals surface area contributed by atoms with Crippen LogP contribution in [0.25, 0.3) is 0 Å². The van der Waals surface area contributed by atoms with Gasteiger partial charge in [0.2, 0.25) is 10.0 Å². The highest BCUT2D eigenvalue weighted by Gasteiger charge is 2.19. The maximum absolute atomic E-state index is 12.6. The average Bonchev–Trinajstić information content (AvgIpc) is 2.61. The summed E-state index contributed by atoms with van der Waals surface area (Å²) in [6.45, 7) is 4.17. The molecule has 136 valence electrons. The Morgan fingerprint density at radius 1 is 1.00 bits per heavy atom. The number of sulfonamides is 1. The molecule has 0 fully saturated rings. The second-order valence-corrected chi connectivity index (χ2v) is 7.08. The molecule has 2 rings (SSSR count). The predicted octanol–water partition coefficient (Wildman–Crippen LogP) is 3.14. The minimum atomic E-state index is -3.65. The van der Waals surface area contributed by atoms with Crippen LogP contribution in [0.5, 0.6) is 17.2 Å². The summed E-state index contributed by atoms with van der Waals surface area (Å²) in [5, 5.41) is 0. The highest BCUT2D eigenvalue weighted by molar-refractivity contribution is 7.89. The van der Waals surface area contributed by atoms with E-state index in [-0.39, 0.29) is 4.90 Å². The zero-order valence-electron chi connectivity index (χ0n) is 14.8. The fraction of sp³-hybridized carbons (Fsp3) is 0.333. The van der Waals surface area contributed by atoms with E-state index >= 15 is 0 Å². The highest BCUT2D eigenvalue weighted by Crippen LogP contribution is 2.30. The molecule has 0 saturated carbocycles. The Labute approximate surface area is 148 Å². The van der Waals surface area contributed by atoms with Gasteiger partial charge in [0, 0.05) is 6.04 Å². The fourth-order valence-electron chi connectivity index (χ4n) is 2.37. The number of benzene rings is 2. The monoisotopic (exact) mass is 365 g/mol. The van der Waals surface area contributed by atoms with Crippen molar-refractivity contribution in [3.05, 3.63) is 48.0 Å². The molecule has 0 aromatic heterocycles. The number of hydrogen-bond acceptors (Lipinski definition) is 5. The second kappa shape index (κ2) is 8.22. The molecule has 0 saturated heterocycles. The van der Waals surface area contributed by atoms with Gasteiger partial charge in [-0.05, 0) is 55.8 Å². The SMILES string of the molecule is CCOc1ccc(S(=O)(=O)N[C@@H](C)c2ccc(OC)c(OC)c2)cc1. The first-order valence-electron chi connectivity index (χ1n) is 7.88. The van der Waals surface area contributed by atoms with Gasteiger partial charge in [0.15, 0.2) is 11.5 Å². The second-order valence-electron chi connectivity index (χ2n) is 5.36. The number of hydrogen-bond donors (Lipinski definition) is 1. The number of nitrogens with one attached hydrogen (secondary N) is 1. The van der Waals surface area contributed by atoms with E-state index in [0.29, 0.717) is 23.9 Å². The van der Waals surface area contributed by atoms with Crippen LogP contribution in [-0.4, -0.2) is 29.2 Å². The van der Waals surface area contributed by atoms with E-state index < -0.39 is 16.1 Å². The fourth-order valence-corrected chi connectivity index (χ4v) is 3.60. The summed E-state index contributed by atoms with van der Waals surface area (Å²) >= 11 is 0. The molecule has 0 heterocycles. The van der Waals surface area contributed by atoms with Gasteiger partial charge in [-0.3, -0.25) is 0 Å². The van der Waals surface area contributed by atoms with Crippen LogP contribution in [0.2, 0.25) is 0 Å². The normalized spacial score (nSPS) is 12.5. The molecule has 0 bridgehead atoms. The Balaban J connectivity index is 2.19. The van der Waals surface area contributed by atoms with Gasteiger partial charge in [-0.1, -0.05) is 6.07 Å². The molecule has 1 N–H and O–H groups in total. The third-order valence-corrected chi connectivity index (χ3v) is 5.24. The molecule has 7 heteroatoms. The number of rotatable bonds is 8. The van der Waals surface area contributed by atoms with Gasteiger partial charge in [0.25, 0.3) is 0 Å². The third kappa shape index (κ3) is 4.64. The van der Waals surface area contributed by atoms with Gasteiger partial charge in [-0.2, -0.15) is 0 Å². The van der Waals surface area contributed by atoms with Gasteiger partial charge < -0.3 is 14.2 Å². The molecule has 2 aromatic carbocycles. The van der Waals surface area contributed by atoms with Crippen LogP contribution in [0, 0.1) is 0 Å². The van der Waals surface area contributed by atoms with Crippen LogP contribution in [0.4, 0.5) is 0 Å². The zero-order valence-corrected chi connectivity index (χ0v) is 15.6. The lowest BCUT2D eigenvalue weighted by molar-refractivity contribution is 0.340. The molecule has 6 nitrogen and oxygen atoms in total. The molecule has 25 heavy (non-hydrogen) atoms. The van der Waals surface area contributed by atoms with Gasteiger partial charge in [0.1, 0.15) is 5.75 Å². The summed E-state index contributed by atoms with van der Waals surface area (Å²) in [4.78, 5) is 0.184. The summed E-state index contributed by atoms with van der Waals surface area (Å²) in [5.41, 5.74) is 0.771. The van der Waals surface area contributed by atoms with Crippen LogP contribution in [0.3, 0.4) is 0 Å². The molecule has 0 radical (unpaired) electrons. The van der Waals surface area contributed by atoms with E-state index in [2.05, 4.69) is 4.72 Å². The smallest absolute Gasteiger partial charge is 0.241 e. The lowest BCUT2D eigenvalue weighted by Crippen LogP contribution is -2.26. The van der Waals surface area contributed by atoms with Crippen molar-refractivity contribution in [2.45, 2.75) is 24.8 Å². The summed E-state index contributed by atoms with van der Waals surface area (Å²) < 4.78 is 43.6. The molecule has 1 atom stereocenters. The molecular weight excluding hydrogens is 342 g/mol. The van der Waals surface area contributed by atoms with Crippen molar-refractivity contribution in [3.63, 3.8) is 0 Å². The van der Waals surface area contributed by atoms with Crippen molar-refractivity contribution in [2.75, 3.05) is 20.8 Å². The maximum Gasteiger partial charge on any atom is 0.241 e. The Morgan fingerprint density at radius 3 is 2.20 bits per heavy atom. The summed E-state index contributed by atoms with van der Waals surface area (Å²) in [6.07, 6.45) is 0. The van der Waals surface area contributed by atoms with Gasteiger partial charge in [-0.15, -0.1) is 0 Å². The van der Waals surface area contributed by atoms with E-state index in [9.17, 15) is 8.42 Å². The van der Waals surface area contributed by atoms with E-state index in [1.165, 1.54) is 19.2 Å². The van der Waals surface area contributed by atoms with Crippen LogP contribution in [0.15, 0.2) is 47.4 Å². The standard InChI is InChI=1S/C18H23NO5S/c1-5-24-15-7-9-16(10-8-15)25(20,21)19-13(2)14-6-11-17(22-3)18(12-14)23-4/h6-13,19H,5H2,1-4H3/t13-/m0/s1. The van der Waals surface area contributed by atoms with Crippen molar-refractivity contribution >= 4 is 10.0 Å². The number of methoxy groups -OCH3 is 2. The van der Waals surface area contributed by atoms with Crippen LogP contribution in [0.1, 0.15) is 25.5 Å². The molecule has 0 aliphatic heterocycles. The highest BCUT2D eigenvalue weighted by atomic mass is 32.2. The predicted molar refractivity (Wildman–Crippen MR) is 95.9 cm³/mol. The Kier molecular flexibility index (Phi) is 6.27. The molecular formula is C18H23NO5S. The Morgan fingerprint density at radius 2 is 1.64 bits per heavy atom. The van der Waals surface area contributed by atoms with Crippen molar-refractivity contribution in [1.29, 1.82) is 0 Å². The van der Waals surface area contributed by atoms with Crippen molar-refractivity contribution in [2.24, 2.45) is 0 Å². The van der Waals surface area contributed by atoms with Crippen molar-refractivity contribution in [3.8, 4) is 17.2 Å². The van der Waals surface area contributed by atoms with Gasteiger partial charge in [-0.25, -0.2) is 13.1 Å². The summed E-state index contributed by atoms with van der Waals surface area (Å²) in [7, 11) is -0.563. The minimum absolute atomic E-state index is 0.184. The summed E-state index contributed by atoms with van der Waals surface area (Å²) in [5.74, 6) is 1.77. The molecule has 0 unspecified atom stereocenters. The maximum atomic E-state index is 12.6. The zero-order chi connectivity index (χ0) is 18.4. The molecule has 0 amide bonds. The van der Waals surface area contributed by atoms with Crippen LogP contribution in [-0.2, 0) is 10.0 Å². The first-order chi connectivity index (χ1) is 11.9. The molecule has 2 aromatic rings. The average molecular weight is 365 g/mol. The first kappa shape index (κ1) is 19.1. The first-order valence-corrected chi connectivity index (χ1v) is 9.36. The molecule has 0 aliphatic carbocycles.